The molecule has 0 aliphatic heterocycles. The fourth-order valence-electron chi connectivity index (χ4n) is 4.83. The van der Waals surface area contributed by atoms with Crippen LogP contribution in [0.25, 0.3) is 11.0 Å². The third kappa shape index (κ3) is 5.40. The molecule has 0 spiro atoms. The van der Waals surface area contributed by atoms with E-state index in [1.165, 1.54) is 35.9 Å². The number of amides is 1. The summed E-state index contributed by atoms with van der Waals surface area (Å²) in [5, 5.41) is 3.17. The lowest BCUT2D eigenvalue weighted by Gasteiger charge is -2.20. The number of hydrogen-bond acceptors (Lipinski definition) is 2. The second-order valence-corrected chi connectivity index (χ2v) is 9.38. The molecule has 4 heteroatoms. The van der Waals surface area contributed by atoms with E-state index in [1.807, 2.05) is 0 Å². The molecule has 4 nitrogen and oxygen atoms in total. The molecule has 3 aromatic rings. The third-order valence-electron chi connectivity index (χ3n) is 7.09. The van der Waals surface area contributed by atoms with Crippen LogP contribution in [0, 0.1) is 5.92 Å². The predicted octanol–water partition coefficient (Wildman–Crippen LogP) is 6.23. The minimum Gasteiger partial charge on any atom is -0.356 e. The van der Waals surface area contributed by atoms with E-state index < -0.39 is 0 Å². The van der Waals surface area contributed by atoms with Gasteiger partial charge in [0.05, 0.1) is 11.0 Å². The maximum absolute atomic E-state index is 12.4. The Morgan fingerprint density at radius 3 is 2.59 bits per heavy atom. The summed E-state index contributed by atoms with van der Waals surface area (Å²) in [4.78, 5) is 17.3. The summed E-state index contributed by atoms with van der Waals surface area (Å²) in [6.07, 6.45) is 8.71. The van der Waals surface area contributed by atoms with Crippen molar-refractivity contribution in [2.24, 2.45) is 5.92 Å². The molecule has 0 saturated heterocycles. The van der Waals surface area contributed by atoms with Gasteiger partial charge in [-0.2, -0.15) is 0 Å². The fraction of sp³-hybridized carbons (Fsp3) is 0.500. The molecule has 1 atom stereocenters. The summed E-state index contributed by atoms with van der Waals surface area (Å²) in [5.74, 6) is 2.17. The van der Waals surface area contributed by atoms with Gasteiger partial charge in [-0.25, -0.2) is 4.98 Å². The summed E-state index contributed by atoms with van der Waals surface area (Å²) < 4.78 is 2.34. The molecule has 1 aromatic heterocycles. The first-order valence-electron chi connectivity index (χ1n) is 12.5. The van der Waals surface area contributed by atoms with Crippen molar-refractivity contribution in [1.29, 1.82) is 0 Å². The van der Waals surface area contributed by atoms with Gasteiger partial charge in [0.1, 0.15) is 5.82 Å². The van der Waals surface area contributed by atoms with Crippen molar-refractivity contribution < 1.29 is 4.79 Å². The lowest BCUT2D eigenvalue weighted by molar-refractivity contribution is -0.125. The second kappa shape index (κ2) is 10.8. The highest BCUT2D eigenvalue weighted by molar-refractivity contribution is 5.78. The number of nitrogens with one attached hydrogen (secondary N) is 1. The number of carbonyl (C=O) groups is 1. The number of carbonyl (C=O) groups excluding carboxylic acids is 1. The molecule has 32 heavy (non-hydrogen) atoms. The van der Waals surface area contributed by atoms with E-state index in [1.54, 1.807) is 0 Å². The van der Waals surface area contributed by atoms with Crippen molar-refractivity contribution in [3.8, 4) is 0 Å². The van der Waals surface area contributed by atoms with E-state index in [0.717, 1.165) is 56.5 Å². The average molecular weight is 432 g/mol. The number of para-hydroxylation sites is 2. The molecule has 170 valence electrons. The maximum atomic E-state index is 12.4. The van der Waals surface area contributed by atoms with Gasteiger partial charge in [0.25, 0.3) is 0 Å². The number of imidazole rings is 1. The molecule has 1 fully saturated rings. The monoisotopic (exact) mass is 431 g/mol. The molecule has 1 amide bonds. The number of hydrogen-bond donors (Lipinski definition) is 1. The summed E-state index contributed by atoms with van der Waals surface area (Å²) in [6.45, 7) is 6.07. The van der Waals surface area contributed by atoms with Crippen molar-refractivity contribution in [2.75, 3.05) is 6.54 Å². The Kier molecular flexibility index (Phi) is 7.62. The van der Waals surface area contributed by atoms with Gasteiger partial charge < -0.3 is 9.88 Å². The number of aromatic nitrogens is 2. The van der Waals surface area contributed by atoms with Gasteiger partial charge in [-0.1, -0.05) is 69.5 Å². The van der Waals surface area contributed by atoms with Crippen LogP contribution in [0.4, 0.5) is 0 Å². The predicted molar refractivity (Wildman–Crippen MR) is 132 cm³/mol. The lowest BCUT2D eigenvalue weighted by Crippen LogP contribution is -2.32. The van der Waals surface area contributed by atoms with Crippen molar-refractivity contribution in [3.63, 3.8) is 0 Å². The summed E-state index contributed by atoms with van der Waals surface area (Å²) in [5.41, 5.74) is 4.93. The van der Waals surface area contributed by atoms with Crippen LogP contribution in [0.15, 0.2) is 48.5 Å². The topological polar surface area (TPSA) is 46.9 Å². The van der Waals surface area contributed by atoms with E-state index >= 15 is 0 Å². The minimum atomic E-state index is 0.228. The summed E-state index contributed by atoms with van der Waals surface area (Å²) >= 11 is 0. The van der Waals surface area contributed by atoms with Gasteiger partial charge in [0.2, 0.25) is 5.91 Å². The van der Waals surface area contributed by atoms with Crippen LogP contribution in [0.3, 0.4) is 0 Å². The summed E-state index contributed by atoms with van der Waals surface area (Å²) in [6, 6.07) is 17.4. The molecule has 2 aromatic carbocycles. The van der Waals surface area contributed by atoms with Crippen LogP contribution in [0.2, 0.25) is 0 Å². The first-order valence-corrected chi connectivity index (χ1v) is 12.5. The van der Waals surface area contributed by atoms with E-state index in [2.05, 4.69) is 72.3 Å². The van der Waals surface area contributed by atoms with Crippen molar-refractivity contribution >= 4 is 16.9 Å². The molecule has 4 rings (SSSR count). The second-order valence-electron chi connectivity index (χ2n) is 9.38. The lowest BCUT2D eigenvalue weighted by atomic mass is 9.89. The molecule has 1 saturated carbocycles. The van der Waals surface area contributed by atoms with Gasteiger partial charge in [0, 0.05) is 25.4 Å². The number of rotatable bonds is 9. The molecular formula is C28H37N3O. The van der Waals surface area contributed by atoms with Crippen LogP contribution < -0.4 is 5.32 Å². The highest BCUT2D eigenvalue weighted by atomic mass is 16.1. The Labute approximate surface area is 192 Å². The largest absolute Gasteiger partial charge is 0.356 e. The third-order valence-corrected chi connectivity index (χ3v) is 7.09. The molecule has 1 unspecified atom stereocenters. The minimum absolute atomic E-state index is 0.228. The zero-order valence-corrected chi connectivity index (χ0v) is 19.6. The molecule has 0 radical (unpaired) electrons. The van der Waals surface area contributed by atoms with Crippen LogP contribution in [-0.2, 0) is 17.8 Å². The molecule has 0 bridgehead atoms. The van der Waals surface area contributed by atoms with E-state index in [9.17, 15) is 4.79 Å². The molecule has 1 N–H and O–H groups in total. The van der Waals surface area contributed by atoms with Crippen molar-refractivity contribution in [2.45, 2.75) is 77.7 Å². The Hall–Kier alpha value is -2.62. The SMILES string of the molecule is CCC(C)c1ccc(Cn2c(CCCNC(=O)C3CCCCC3)nc3ccccc32)cc1. The van der Waals surface area contributed by atoms with E-state index in [-0.39, 0.29) is 11.8 Å². The Morgan fingerprint density at radius 1 is 1.09 bits per heavy atom. The standard InChI is InChI=1S/C28H37N3O/c1-3-21(2)23-17-15-22(16-18-23)20-31-26-13-8-7-12-25(26)30-27(31)14-9-19-29-28(32)24-10-5-4-6-11-24/h7-8,12-13,15-18,21,24H,3-6,9-11,14,19-20H2,1-2H3,(H,29,32). The molecular weight excluding hydrogens is 394 g/mol. The Bertz CT molecular complexity index is 1010. The number of benzene rings is 2. The highest BCUT2D eigenvalue weighted by Crippen LogP contribution is 2.24. The first-order chi connectivity index (χ1) is 15.7. The fourth-order valence-corrected chi connectivity index (χ4v) is 4.83. The molecule has 1 aliphatic rings. The van der Waals surface area contributed by atoms with Gasteiger partial charge >= 0.3 is 0 Å². The van der Waals surface area contributed by atoms with Crippen LogP contribution in [0.5, 0.6) is 0 Å². The zero-order chi connectivity index (χ0) is 22.3. The Morgan fingerprint density at radius 2 is 1.84 bits per heavy atom. The first kappa shape index (κ1) is 22.6. The summed E-state index contributed by atoms with van der Waals surface area (Å²) in [7, 11) is 0. The van der Waals surface area contributed by atoms with Crippen LogP contribution in [-0.4, -0.2) is 22.0 Å². The van der Waals surface area contributed by atoms with Crippen LogP contribution in [0.1, 0.15) is 81.7 Å². The zero-order valence-electron chi connectivity index (χ0n) is 19.6. The van der Waals surface area contributed by atoms with Gasteiger partial charge in [-0.15, -0.1) is 0 Å². The number of aryl methyl sites for hydroxylation is 1. The highest BCUT2D eigenvalue weighted by Gasteiger charge is 2.20. The van der Waals surface area contributed by atoms with Gasteiger partial charge in [-0.05, 0) is 54.9 Å². The maximum Gasteiger partial charge on any atom is 0.223 e. The molecule has 1 aliphatic carbocycles. The van der Waals surface area contributed by atoms with Crippen molar-refractivity contribution in [3.05, 3.63) is 65.5 Å². The van der Waals surface area contributed by atoms with E-state index in [0.29, 0.717) is 5.92 Å². The average Bonchev–Trinajstić information content (AvgIpc) is 3.19. The van der Waals surface area contributed by atoms with Crippen molar-refractivity contribution in [1.82, 2.24) is 14.9 Å². The molecule has 1 heterocycles. The smallest absolute Gasteiger partial charge is 0.223 e. The number of nitrogens with zero attached hydrogens (tertiary/aromatic N) is 2. The number of fused-ring (bicyclic) bond motifs is 1. The van der Waals surface area contributed by atoms with Gasteiger partial charge in [-0.3, -0.25) is 4.79 Å². The Balaban J connectivity index is 1.41. The van der Waals surface area contributed by atoms with Crippen LogP contribution >= 0.6 is 0 Å². The van der Waals surface area contributed by atoms with Gasteiger partial charge in [0.15, 0.2) is 0 Å². The quantitative estimate of drug-likeness (QED) is 0.408. The van der Waals surface area contributed by atoms with E-state index in [4.69, 9.17) is 4.98 Å². The normalized spacial score (nSPS) is 15.7.